The minimum atomic E-state index is -0.207. The molecule has 0 aliphatic carbocycles. The van der Waals surface area contributed by atoms with Crippen LogP contribution in [0.5, 0.6) is 5.75 Å². The number of carbonyl (C=O) groups is 2. The quantitative estimate of drug-likeness (QED) is 0.604. The smallest absolute Gasteiger partial charge is 0.255 e. The Morgan fingerprint density at radius 3 is 2.07 bits per heavy atom. The molecule has 28 heavy (non-hydrogen) atoms. The molecule has 148 valence electrons. The molecule has 1 atom stereocenters. The molecule has 0 radical (unpaired) electrons. The Morgan fingerprint density at radius 2 is 1.54 bits per heavy atom. The normalized spacial score (nSPS) is 11.2. The molecule has 0 fully saturated rings. The average molecular weight is 400 g/mol. The van der Waals surface area contributed by atoms with Crippen molar-refractivity contribution in [2.24, 2.45) is 0 Å². The van der Waals surface area contributed by atoms with Gasteiger partial charge < -0.3 is 20.7 Å². The summed E-state index contributed by atoms with van der Waals surface area (Å²) in [4.78, 5) is 23.7. The molecule has 7 heteroatoms. The summed E-state index contributed by atoms with van der Waals surface area (Å²) in [5, 5.41) is 8.57. The molecule has 2 amide bonds. The van der Waals surface area contributed by atoms with Gasteiger partial charge in [0.2, 0.25) is 5.91 Å². The van der Waals surface area contributed by atoms with E-state index in [0.717, 1.165) is 12.2 Å². The Balaban J connectivity index is 1.91. The number of benzene rings is 2. The molecule has 0 aliphatic rings. The van der Waals surface area contributed by atoms with Crippen LogP contribution < -0.4 is 20.7 Å². The first-order valence-corrected chi connectivity index (χ1v) is 9.61. The summed E-state index contributed by atoms with van der Waals surface area (Å²) >= 11 is 5.07. The second kappa shape index (κ2) is 10.4. The largest absolute Gasteiger partial charge is 0.491 e. The van der Waals surface area contributed by atoms with Crippen LogP contribution in [-0.4, -0.2) is 23.0 Å². The molecule has 0 aromatic heterocycles. The first-order chi connectivity index (χ1) is 13.4. The van der Waals surface area contributed by atoms with Crippen molar-refractivity contribution in [3.8, 4) is 5.75 Å². The van der Waals surface area contributed by atoms with Gasteiger partial charge in [0, 0.05) is 23.4 Å². The molecule has 3 N–H and O–H groups in total. The monoisotopic (exact) mass is 399 g/mol. The van der Waals surface area contributed by atoms with Crippen molar-refractivity contribution < 1.29 is 14.3 Å². The number of amides is 2. The number of hydrogen-bond donors (Lipinski definition) is 3. The lowest BCUT2D eigenvalue weighted by Gasteiger charge is -2.13. The lowest BCUT2D eigenvalue weighted by Crippen LogP contribution is -2.33. The standard InChI is InChI=1S/C21H25N3O3S/c1-4-14(3)27-18-12-6-15(7-13-18)20(26)22-16-8-10-17(11-9-16)23-21(28)24-19(25)5-2/h6-14H,4-5H2,1-3H3,(H,22,26)(H2,23,24,25,28)/t14-/m0/s1. The van der Waals surface area contributed by atoms with Crippen molar-refractivity contribution >= 4 is 40.5 Å². The van der Waals surface area contributed by atoms with E-state index in [1.165, 1.54) is 0 Å². The molecule has 2 aromatic carbocycles. The Kier molecular flexibility index (Phi) is 7.95. The summed E-state index contributed by atoms with van der Waals surface area (Å²) in [6, 6.07) is 14.1. The number of nitrogens with one attached hydrogen (secondary N) is 3. The molecular formula is C21H25N3O3S. The summed E-state index contributed by atoms with van der Waals surface area (Å²) in [6.07, 6.45) is 1.41. The van der Waals surface area contributed by atoms with Crippen molar-refractivity contribution in [3.63, 3.8) is 0 Å². The minimum absolute atomic E-state index is 0.134. The average Bonchev–Trinajstić information content (AvgIpc) is 2.69. The van der Waals surface area contributed by atoms with Gasteiger partial charge in [0.1, 0.15) is 5.75 Å². The highest BCUT2D eigenvalue weighted by Crippen LogP contribution is 2.17. The van der Waals surface area contributed by atoms with Crippen LogP contribution in [0, 0.1) is 0 Å². The predicted octanol–water partition coefficient (Wildman–Crippen LogP) is 4.34. The van der Waals surface area contributed by atoms with Gasteiger partial charge in [-0.2, -0.15) is 0 Å². The predicted molar refractivity (Wildman–Crippen MR) is 116 cm³/mol. The second-order valence-electron chi connectivity index (χ2n) is 6.25. The maximum Gasteiger partial charge on any atom is 0.255 e. The summed E-state index contributed by atoms with van der Waals surface area (Å²) in [5.74, 6) is 0.385. The zero-order chi connectivity index (χ0) is 20.5. The molecule has 0 heterocycles. The molecule has 0 saturated heterocycles. The summed E-state index contributed by atoms with van der Waals surface area (Å²) in [7, 11) is 0. The van der Waals surface area contributed by atoms with E-state index >= 15 is 0 Å². The molecule has 2 rings (SSSR count). The summed E-state index contributed by atoms with van der Waals surface area (Å²) in [6.45, 7) is 5.81. The van der Waals surface area contributed by atoms with Crippen LogP contribution in [0.15, 0.2) is 48.5 Å². The molecular weight excluding hydrogens is 374 g/mol. The molecule has 2 aromatic rings. The fourth-order valence-corrected chi connectivity index (χ4v) is 2.45. The van der Waals surface area contributed by atoms with Crippen LogP contribution in [0.25, 0.3) is 0 Å². The van der Waals surface area contributed by atoms with E-state index in [-0.39, 0.29) is 23.0 Å². The van der Waals surface area contributed by atoms with E-state index in [0.29, 0.717) is 23.4 Å². The van der Waals surface area contributed by atoms with Gasteiger partial charge in [-0.05, 0) is 74.1 Å². The number of ether oxygens (including phenoxy) is 1. The molecule has 0 unspecified atom stereocenters. The van der Waals surface area contributed by atoms with Gasteiger partial charge >= 0.3 is 0 Å². The van der Waals surface area contributed by atoms with E-state index in [1.54, 1.807) is 55.5 Å². The number of thiocarbonyl (C=S) groups is 1. The van der Waals surface area contributed by atoms with Crippen LogP contribution in [0.1, 0.15) is 44.0 Å². The van der Waals surface area contributed by atoms with Gasteiger partial charge in [-0.15, -0.1) is 0 Å². The summed E-state index contributed by atoms with van der Waals surface area (Å²) < 4.78 is 5.72. The topological polar surface area (TPSA) is 79.5 Å². The van der Waals surface area contributed by atoms with Crippen LogP contribution in [-0.2, 0) is 4.79 Å². The maximum atomic E-state index is 12.4. The number of hydrogen-bond acceptors (Lipinski definition) is 4. The lowest BCUT2D eigenvalue weighted by atomic mass is 10.2. The van der Waals surface area contributed by atoms with E-state index in [2.05, 4.69) is 22.9 Å². The minimum Gasteiger partial charge on any atom is -0.491 e. The highest BCUT2D eigenvalue weighted by Gasteiger charge is 2.08. The van der Waals surface area contributed by atoms with Gasteiger partial charge in [0.05, 0.1) is 6.10 Å². The molecule has 0 aliphatic heterocycles. The van der Waals surface area contributed by atoms with Gasteiger partial charge in [0.15, 0.2) is 5.11 Å². The fraction of sp³-hybridized carbons (Fsp3) is 0.286. The Morgan fingerprint density at radius 1 is 0.964 bits per heavy atom. The maximum absolute atomic E-state index is 12.4. The fourth-order valence-electron chi connectivity index (χ4n) is 2.22. The summed E-state index contributed by atoms with van der Waals surface area (Å²) in [5.41, 5.74) is 1.91. The van der Waals surface area contributed by atoms with Crippen molar-refractivity contribution in [1.82, 2.24) is 5.32 Å². The Hall–Kier alpha value is -2.93. The third-order valence-electron chi connectivity index (χ3n) is 4.00. The van der Waals surface area contributed by atoms with Crippen LogP contribution in [0.3, 0.4) is 0 Å². The highest BCUT2D eigenvalue weighted by atomic mass is 32.1. The van der Waals surface area contributed by atoms with E-state index in [9.17, 15) is 9.59 Å². The van der Waals surface area contributed by atoms with E-state index in [4.69, 9.17) is 17.0 Å². The first-order valence-electron chi connectivity index (χ1n) is 9.20. The molecule has 0 saturated carbocycles. The van der Waals surface area contributed by atoms with Gasteiger partial charge in [0.25, 0.3) is 5.91 Å². The van der Waals surface area contributed by atoms with Crippen molar-refractivity contribution in [2.45, 2.75) is 39.7 Å². The van der Waals surface area contributed by atoms with E-state index < -0.39 is 0 Å². The number of anilines is 2. The number of carbonyl (C=O) groups excluding carboxylic acids is 2. The van der Waals surface area contributed by atoms with Gasteiger partial charge in [-0.3, -0.25) is 9.59 Å². The van der Waals surface area contributed by atoms with Crippen LogP contribution >= 0.6 is 12.2 Å². The highest BCUT2D eigenvalue weighted by molar-refractivity contribution is 7.80. The Bertz CT molecular complexity index is 820. The molecule has 0 bridgehead atoms. The van der Waals surface area contributed by atoms with E-state index in [1.807, 2.05) is 6.92 Å². The third-order valence-corrected chi connectivity index (χ3v) is 4.21. The molecule has 0 spiro atoms. The second-order valence-corrected chi connectivity index (χ2v) is 6.66. The lowest BCUT2D eigenvalue weighted by molar-refractivity contribution is -0.119. The SMILES string of the molecule is CCC(=O)NC(=S)Nc1ccc(NC(=O)c2ccc(O[C@@H](C)CC)cc2)cc1. The van der Waals surface area contributed by atoms with Crippen molar-refractivity contribution in [3.05, 3.63) is 54.1 Å². The van der Waals surface area contributed by atoms with Crippen LogP contribution in [0.2, 0.25) is 0 Å². The van der Waals surface area contributed by atoms with Gasteiger partial charge in [-0.1, -0.05) is 13.8 Å². The zero-order valence-corrected chi connectivity index (χ0v) is 17.1. The van der Waals surface area contributed by atoms with Crippen molar-refractivity contribution in [2.75, 3.05) is 10.6 Å². The molecule has 6 nitrogen and oxygen atoms in total. The van der Waals surface area contributed by atoms with Gasteiger partial charge in [-0.25, -0.2) is 0 Å². The van der Waals surface area contributed by atoms with Crippen LogP contribution in [0.4, 0.5) is 11.4 Å². The first kappa shape index (κ1) is 21.4. The zero-order valence-electron chi connectivity index (χ0n) is 16.2. The number of rotatable bonds is 7. The third kappa shape index (κ3) is 6.66. The van der Waals surface area contributed by atoms with Crippen molar-refractivity contribution in [1.29, 1.82) is 0 Å². The Labute approximate surface area is 170 Å².